The fourth-order valence-corrected chi connectivity index (χ4v) is 3.63. The Bertz CT molecular complexity index is 682. The molecule has 1 saturated heterocycles. The standard InChI is InChI=1S/C13H15ClN4O2S/c1-2-8-7-9-10(15-12(14)16-11(9)21-8)17-3-5-18(6-4-17)13(19)20/h7H,2-6H2,1H3,(H,19,20). The topological polar surface area (TPSA) is 69.6 Å². The number of hydrogen-bond acceptors (Lipinski definition) is 5. The molecule has 0 aromatic carbocycles. The molecule has 21 heavy (non-hydrogen) atoms. The van der Waals surface area contributed by atoms with Crippen LogP contribution in [0.2, 0.25) is 5.28 Å². The lowest BCUT2D eigenvalue weighted by atomic mass is 10.2. The van der Waals surface area contributed by atoms with Gasteiger partial charge in [0.1, 0.15) is 10.6 Å². The van der Waals surface area contributed by atoms with Crippen LogP contribution < -0.4 is 4.90 Å². The molecule has 0 spiro atoms. The van der Waals surface area contributed by atoms with Crippen molar-refractivity contribution in [3.8, 4) is 0 Å². The van der Waals surface area contributed by atoms with Gasteiger partial charge in [0.25, 0.3) is 0 Å². The van der Waals surface area contributed by atoms with Crippen molar-refractivity contribution >= 4 is 45.1 Å². The number of aromatic nitrogens is 2. The lowest BCUT2D eigenvalue weighted by Gasteiger charge is -2.34. The number of thiophene rings is 1. The number of rotatable bonds is 2. The normalized spacial score (nSPS) is 15.7. The molecule has 1 aliphatic rings. The Balaban J connectivity index is 1.93. The Kier molecular flexibility index (Phi) is 3.86. The van der Waals surface area contributed by atoms with Crippen LogP contribution in [0.1, 0.15) is 11.8 Å². The van der Waals surface area contributed by atoms with E-state index in [4.69, 9.17) is 16.7 Å². The number of carbonyl (C=O) groups is 1. The Morgan fingerprint density at radius 3 is 2.71 bits per heavy atom. The van der Waals surface area contributed by atoms with Crippen molar-refractivity contribution in [1.82, 2.24) is 14.9 Å². The highest BCUT2D eigenvalue weighted by Crippen LogP contribution is 2.32. The number of fused-ring (bicyclic) bond motifs is 1. The van der Waals surface area contributed by atoms with E-state index in [-0.39, 0.29) is 5.28 Å². The summed E-state index contributed by atoms with van der Waals surface area (Å²) in [5, 5.41) is 10.3. The first-order valence-corrected chi connectivity index (χ1v) is 7.96. The van der Waals surface area contributed by atoms with Crippen molar-refractivity contribution in [3.05, 3.63) is 16.2 Å². The van der Waals surface area contributed by atoms with Crippen molar-refractivity contribution in [2.45, 2.75) is 13.3 Å². The summed E-state index contributed by atoms with van der Waals surface area (Å²) >= 11 is 7.66. The Morgan fingerprint density at radius 1 is 1.38 bits per heavy atom. The number of piperazine rings is 1. The number of nitrogens with zero attached hydrogens (tertiary/aromatic N) is 4. The molecule has 0 bridgehead atoms. The van der Waals surface area contributed by atoms with Gasteiger partial charge in [0.05, 0.1) is 5.39 Å². The van der Waals surface area contributed by atoms with Crippen LogP contribution in [0.15, 0.2) is 6.07 Å². The second-order valence-electron chi connectivity index (χ2n) is 4.86. The van der Waals surface area contributed by atoms with Gasteiger partial charge in [-0.25, -0.2) is 9.78 Å². The van der Waals surface area contributed by atoms with Crippen LogP contribution in [0.25, 0.3) is 10.2 Å². The number of amides is 1. The molecule has 1 aliphatic heterocycles. The maximum atomic E-state index is 11.0. The molecule has 3 heterocycles. The van der Waals surface area contributed by atoms with Gasteiger partial charge in [-0.05, 0) is 24.1 Å². The smallest absolute Gasteiger partial charge is 0.407 e. The van der Waals surface area contributed by atoms with Crippen LogP contribution in [0.3, 0.4) is 0 Å². The lowest BCUT2D eigenvalue weighted by molar-refractivity contribution is 0.142. The van der Waals surface area contributed by atoms with E-state index in [2.05, 4.69) is 27.9 Å². The third kappa shape index (κ3) is 2.75. The van der Waals surface area contributed by atoms with Crippen molar-refractivity contribution in [3.63, 3.8) is 0 Å². The minimum atomic E-state index is -0.871. The van der Waals surface area contributed by atoms with Gasteiger partial charge in [0.15, 0.2) is 0 Å². The summed E-state index contributed by atoms with van der Waals surface area (Å²) in [5.74, 6) is 0.811. The van der Waals surface area contributed by atoms with Gasteiger partial charge in [-0.1, -0.05) is 6.92 Å². The minimum absolute atomic E-state index is 0.239. The Labute approximate surface area is 131 Å². The number of carboxylic acid groups (broad SMARTS) is 1. The molecule has 8 heteroatoms. The predicted molar refractivity (Wildman–Crippen MR) is 83.6 cm³/mol. The van der Waals surface area contributed by atoms with Crippen LogP contribution >= 0.6 is 22.9 Å². The zero-order chi connectivity index (χ0) is 15.0. The molecule has 0 atom stereocenters. The molecule has 3 rings (SSSR count). The summed E-state index contributed by atoms with van der Waals surface area (Å²) in [6.07, 6.45) is 0.0783. The monoisotopic (exact) mass is 326 g/mol. The third-order valence-electron chi connectivity index (χ3n) is 3.59. The quantitative estimate of drug-likeness (QED) is 0.859. The molecule has 6 nitrogen and oxygen atoms in total. The largest absolute Gasteiger partial charge is 0.465 e. The van der Waals surface area contributed by atoms with Crippen molar-refractivity contribution in [2.24, 2.45) is 0 Å². The fourth-order valence-electron chi connectivity index (χ4n) is 2.46. The third-order valence-corrected chi connectivity index (χ3v) is 4.94. The van der Waals surface area contributed by atoms with Crippen LogP contribution in [0, 0.1) is 0 Å². The van der Waals surface area contributed by atoms with E-state index in [9.17, 15) is 4.79 Å². The first-order valence-electron chi connectivity index (χ1n) is 6.77. The summed E-state index contributed by atoms with van der Waals surface area (Å²) in [7, 11) is 0. The van der Waals surface area contributed by atoms with Crippen LogP contribution in [0.5, 0.6) is 0 Å². The van der Waals surface area contributed by atoms with Crippen LogP contribution in [-0.4, -0.2) is 52.2 Å². The van der Waals surface area contributed by atoms with E-state index < -0.39 is 6.09 Å². The molecule has 1 N–H and O–H groups in total. The summed E-state index contributed by atoms with van der Waals surface area (Å²) in [4.78, 5) is 25.3. The van der Waals surface area contributed by atoms with E-state index in [1.54, 1.807) is 11.3 Å². The maximum absolute atomic E-state index is 11.0. The zero-order valence-corrected chi connectivity index (χ0v) is 13.1. The number of halogens is 1. The number of hydrogen-bond donors (Lipinski definition) is 1. The molecule has 2 aromatic heterocycles. The van der Waals surface area contributed by atoms with Gasteiger partial charge in [-0.2, -0.15) is 4.98 Å². The van der Waals surface area contributed by atoms with E-state index in [0.29, 0.717) is 26.2 Å². The van der Waals surface area contributed by atoms with Gasteiger partial charge in [-0.3, -0.25) is 0 Å². The molecule has 0 unspecified atom stereocenters. The highest BCUT2D eigenvalue weighted by Gasteiger charge is 2.23. The van der Waals surface area contributed by atoms with Crippen molar-refractivity contribution in [1.29, 1.82) is 0 Å². The number of anilines is 1. The van der Waals surface area contributed by atoms with E-state index in [1.165, 1.54) is 9.78 Å². The van der Waals surface area contributed by atoms with Crippen LogP contribution in [0.4, 0.5) is 10.6 Å². The highest BCUT2D eigenvalue weighted by molar-refractivity contribution is 7.18. The van der Waals surface area contributed by atoms with Gasteiger partial charge < -0.3 is 14.9 Å². The highest BCUT2D eigenvalue weighted by atomic mass is 35.5. The Hall–Kier alpha value is -1.60. The lowest BCUT2D eigenvalue weighted by Crippen LogP contribution is -2.48. The van der Waals surface area contributed by atoms with Gasteiger partial charge in [-0.15, -0.1) is 11.3 Å². The maximum Gasteiger partial charge on any atom is 0.407 e. The molecule has 0 saturated carbocycles. The van der Waals surface area contributed by atoms with Gasteiger partial charge in [0, 0.05) is 31.1 Å². The predicted octanol–water partition coefficient (Wildman–Crippen LogP) is 2.71. The summed E-state index contributed by atoms with van der Waals surface area (Å²) in [5.41, 5.74) is 0. The van der Waals surface area contributed by atoms with E-state index in [0.717, 1.165) is 22.5 Å². The molecule has 1 fully saturated rings. The zero-order valence-electron chi connectivity index (χ0n) is 11.5. The SMILES string of the molecule is CCc1cc2c(N3CCN(C(=O)O)CC3)nc(Cl)nc2s1. The number of aryl methyl sites for hydroxylation is 1. The molecule has 2 aromatic rings. The fraction of sp³-hybridized carbons (Fsp3) is 0.462. The summed E-state index contributed by atoms with van der Waals surface area (Å²) < 4.78 is 0. The second kappa shape index (κ2) is 5.65. The minimum Gasteiger partial charge on any atom is -0.465 e. The molecule has 1 amide bonds. The second-order valence-corrected chi connectivity index (χ2v) is 6.31. The van der Waals surface area contributed by atoms with E-state index >= 15 is 0 Å². The van der Waals surface area contributed by atoms with Crippen molar-refractivity contribution in [2.75, 3.05) is 31.1 Å². The van der Waals surface area contributed by atoms with E-state index in [1.807, 2.05) is 0 Å². The average molecular weight is 327 g/mol. The molecular formula is C13H15ClN4O2S. The van der Waals surface area contributed by atoms with Crippen LogP contribution in [-0.2, 0) is 6.42 Å². The molecule has 0 aliphatic carbocycles. The first kappa shape index (κ1) is 14.3. The molecule has 0 radical (unpaired) electrons. The van der Waals surface area contributed by atoms with Crippen molar-refractivity contribution < 1.29 is 9.90 Å². The van der Waals surface area contributed by atoms with Gasteiger partial charge >= 0.3 is 6.09 Å². The van der Waals surface area contributed by atoms with Gasteiger partial charge in [0.2, 0.25) is 5.28 Å². The molecular weight excluding hydrogens is 312 g/mol. The first-order chi connectivity index (χ1) is 10.1. The summed E-state index contributed by atoms with van der Waals surface area (Å²) in [6, 6.07) is 2.11. The summed E-state index contributed by atoms with van der Waals surface area (Å²) in [6.45, 7) is 4.29. The Morgan fingerprint density at radius 2 is 2.10 bits per heavy atom. The molecule has 112 valence electrons. The average Bonchev–Trinajstić information content (AvgIpc) is 2.89.